The van der Waals surface area contributed by atoms with Gasteiger partial charge in [0.05, 0.1) is 33.0 Å². The van der Waals surface area contributed by atoms with Crippen molar-refractivity contribution in [1.82, 2.24) is 0 Å². The molecule has 0 radical (unpaired) electrons. The molecule has 3 unspecified atom stereocenters. The van der Waals surface area contributed by atoms with Gasteiger partial charge in [-0.3, -0.25) is 4.74 Å². The first-order valence-electron chi connectivity index (χ1n) is 22.7. The lowest BCUT2D eigenvalue weighted by atomic mass is 9.97. The average molecular weight is 809 g/mol. The van der Waals surface area contributed by atoms with Crippen molar-refractivity contribution in [3.05, 3.63) is 138 Å². The Hall–Kier alpha value is -3.56. The van der Waals surface area contributed by atoms with E-state index in [0.29, 0.717) is 39.5 Å². The summed E-state index contributed by atoms with van der Waals surface area (Å²) in [5.41, 5.74) is 4.46. The van der Waals surface area contributed by atoms with E-state index in [1.165, 1.54) is 89.0 Å². The van der Waals surface area contributed by atoms with Crippen LogP contribution in [0.1, 0.15) is 132 Å². The maximum atomic E-state index is 6.72. The largest absolute Gasteiger partial charge is 0.488 e. The summed E-state index contributed by atoms with van der Waals surface area (Å²) in [5.74, 6) is -0.356. The maximum absolute atomic E-state index is 6.72. The van der Waals surface area contributed by atoms with Gasteiger partial charge in [-0.1, -0.05) is 207 Å². The minimum Gasteiger partial charge on any atom is -0.488 e. The summed E-state index contributed by atoms with van der Waals surface area (Å²) in [6.45, 7) is 8.00. The lowest BCUT2D eigenvalue weighted by Gasteiger charge is -2.47. The van der Waals surface area contributed by atoms with E-state index in [4.69, 9.17) is 33.2 Å². The molecule has 6 rings (SSSR count). The van der Waals surface area contributed by atoms with Crippen LogP contribution in [-0.2, 0) is 54.8 Å². The molecule has 1 fully saturated rings. The van der Waals surface area contributed by atoms with E-state index in [1.54, 1.807) is 0 Å². The van der Waals surface area contributed by atoms with Gasteiger partial charge in [-0.15, -0.1) is 0 Å². The molecule has 3 atom stereocenters. The number of fused-ring (bicyclic) bond motifs is 1. The number of benzene rings is 4. The van der Waals surface area contributed by atoms with Crippen LogP contribution >= 0.6 is 0 Å². The normalized spacial score (nSPS) is 17.9. The molecule has 0 spiro atoms. The van der Waals surface area contributed by atoms with Crippen LogP contribution < -0.4 is 4.74 Å². The van der Waals surface area contributed by atoms with Crippen molar-refractivity contribution in [1.29, 1.82) is 0 Å². The Kier molecular flexibility index (Phi) is 22.1. The highest BCUT2D eigenvalue weighted by molar-refractivity contribution is 5.37. The van der Waals surface area contributed by atoms with Gasteiger partial charge < -0.3 is 28.4 Å². The van der Waals surface area contributed by atoms with Gasteiger partial charge in [0.15, 0.2) is 6.29 Å². The average Bonchev–Trinajstić information content (AvgIpc) is 3.26. The third kappa shape index (κ3) is 17.5. The first kappa shape index (κ1) is 46.5. The molecule has 0 aromatic heterocycles. The molecule has 0 amide bonds. The molecule has 2 heterocycles. The quantitative estimate of drug-likeness (QED) is 0.0418. The SMILES string of the molecule is CCCCCCCCCCCCCCCCOCCOC1OC(OCc2ccccc2)(OCc2ccccc2)C(OCc2ccccc2)CC1C.c1ccc2c(c1)CO2. The van der Waals surface area contributed by atoms with E-state index in [1.807, 2.05) is 97.1 Å². The molecule has 0 bridgehead atoms. The lowest BCUT2D eigenvalue weighted by Crippen LogP contribution is -2.58. The van der Waals surface area contributed by atoms with E-state index < -0.39 is 18.4 Å². The van der Waals surface area contributed by atoms with Crippen molar-refractivity contribution < 1.29 is 33.2 Å². The Morgan fingerprint density at radius 2 is 1.02 bits per heavy atom. The van der Waals surface area contributed by atoms with Gasteiger partial charge in [-0.2, -0.15) is 0 Å². The van der Waals surface area contributed by atoms with Crippen molar-refractivity contribution in [3.63, 3.8) is 0 Å². The second-order valence-corrected chi connectivity index (χ2v) is 16.1. The molecule has 7 nitrogen and oxygen atoms in total. The summed E-state index contributed by atoms with van der Waals surface area (Å²) in [5, 5.41) is 0. The zero-order valence-corrected chi connectivity index (χ0v) is 36.1. The molecule has 2 aliphatic heterocycles. The van der Waals surface area contributed by atoms with E-state index in [-0.39, 0.29) is 5.92 Å². The second kappa shape index (κ2) is 28.1. The third-order valence-electron chi connectivity index (χ3n) is 11.1. The molecule has 4 aromatic rings. The van der Waals surface area contributed by atoms with Gasteiger partial charge >= 0.3 is 5.97 Å². The number of unbranched alkanes of at least 4 members (excludes halogenated alkanes) is 13. The van der Waals surface area contributed by atoms with Crippen molar-refractivity contribution in [2.45, 2.75) is 155 Å². The minimum absolute atomic E-state index is 0.0605. The Labute approximate surface area is 356 Å². The van der Waals surface area contributed by atoms with Gasteiger partial charge in [0.1, 0.15) is 18.5 Å². The Balaban J connectivity index is 0.000000727. The summed E-state index contributed by atoms with van der Waals surface area (Å²) in [7, 11) is 0. The molecule has 4 aromatic carbocycles. The minimum atomic E-state index is -1.47. The Bertz CT molecular complexity index is 1550. The van der Waals surface area contributed by atoms with Crippen LogP contribution in [0.2, 0.25) is 0 Å². The van der Waals surface area contributed by atoms with Crippen LogP contribution in [0.15, 0.2) is 115 Å². The highest BCUT2D eigenvalue weighted by Gasteiger charge is 2.52. The zero-order chi connectivity index (χ0) is 41.1. The van der Waals surface area contributed by atoms with Crippen LogP contribution in [0.3, 0.4) is 0 Å². The highest BCUT2D eigenvalue weighted by atomic mass is 16.9. The van der Waals surface area contributed by atoms with Crippen molar-refractivity contribution in [2.24, 2.45) is 5.92 Å². The number of hydrogen-bond donors (Lipinski definition) is 0. The van der Waals surface area contributed by atoms with Crippen LogP contribution in [0, 0.1) is 5.92 Å². The van der Waals surface area contributed by atoms with Crippen molar-refractivity contribution >= 4 is 0 Å². The smallest absolute Gasteiger partial charge is 0.313 e. The van der Waals surface area contributed by atoms with Gasteiger partial charge in [0.2, 0.25) is 0 Å². The van der Waals surface area contributed by atoms with Crippen LogP contribution in [0.25, 0.3) is 0 Å². The number of para-hydroxylation sites is 1. The van der Waals surface area contributed by atoms with Crippen LogP contribution in [0.4, 0.5) is 0 Å². The summed E-state index contributed by atoms with van der Waals surface area (Å²) in [4.78, 5) is 0. The number of rotatable bonds is 28. The fraction of sp³-hybridized carbons (Fsp3) is 0.538. The molecule has 0 aliphatic carbocycles. The second-order valence-electron chi connectivity index (χ2n) is 16.1. The Morgan fingerprint density at radius 1 is 0.525 bits per heavy atom. The van der Waals surface area contributed by atoms with Gasteiger partial charge in [0.25, 0.3) is 0 Å². The first-order chi connectivity index (χ1) is 29.1. The zero-order valence-electron chi connectivity index (χ0n) is 36.1. The van der Waals surface area contributed by atoms with Crippen molar-refractivity contribution in [2.75, 3.05) is 19.8 Å². The predicted molar refractivity (Wildman–Crippen MR) is 237 cm³/mol. The standard InChI is InChI=1S/C45H66O6.C7H6O/c1-3-4-5-6-7-8-9-10-11-12-13-14-15-25-32-46-33-34-47-44-39(2)35-43(48-36-40-26-19-16-20-27-40)45(51-44,49-37-41-28-21-17-22-29-41)50-38-42-30-23-18-24-31-42;1-2-4-7-6(3-1)5-8-7/h16-24,26-31,39,43-44H,3-15,25,32-38H2,1-2H3;1-4H,5H2. The fourth-order valence-corrected chi connectivity index (χ4v) is 7.46. The lowest BCUT2D eigenvalue weighted by molar-refractivity contribution is -0.479. The van der Waals surface area contributed by atoms with Gasteiger partial charge in [0, 0.05) is 18.1 Å². The molecule has 322 valence electrons. The highest BCUT2D eigenvalue weighted by Crippen LogP contribution is 2.39. The first-order valence-corrected chi connectivity index (χ1v) is 22.7. The molecule has 2 aliphatic rings. The maximum Gasteiger partial charge on any atom is 0.313 e. The summed E-state index contributed by atoms with van der Waals surface area (Å²) in [6, 6.07) is 38.5. The van der Waals surface area contributed by atoms with E-state index in [0.717, 1.165) is 42.1 Å². The van der Waals surface area contributed by atoms with E-state index in [2.05, 4.69) is 32.0 Å². The summed E-state index contributed by atoms with van der Waals surface area (Å²) in [6.07, 6.45) is 18.6. The fourth-order valence-electron chi connectivity index (χ4n) is 7.46. The molecule has 0 saturated carbocycles. The van der Waals surface area contributed by atoms with E-state index >= 15 is 0 Å². The summed E-state index contributed by atoms with van der Waals surface area (Å²) >= 11 is 0. The van der Waals surface area contributed by atoms with Gasteiger partial charge in [-0.25, -0.2) is 0 Å². The Morgan fingerprint density at radius 3 is 1.49 bits per heavy atom. The number of hydrogen-bond acceptors (Lipinski definition) is 7. The van der Waals surface area contributed by atoms with Crippen molar-refractivity contribution in [3.8, 4) is 5.75 Å². The molecule has 0 N–H and O–H groups in total. The monoisotopic (exact) mass is 809 g/mol. The number of ether oxygens (including phenoxy) is 7. The van der Waals surface area contributed by atoms with E-state index in [9.17, 15) is 0 Å². The van der Waals surface area contributed by atoms with Crippen LogP contribution in [-0.4, -0.2) is 38.2 Å². The molecule has 1 saturated heterocycles. The molecule has 7 heteroatoms. The molecule has 59 heavy (non-hydrogen) atoms. The van der Waals surface area contributed by atoms with Crippen LogP contribution in [0.5, 0.6) is 5.75 Å². The molecular weight excluding hydrogens is 737 g/mol. The summed E-state index contributed by atoms with van der Waals surface area (Å²) < 4.78 is 43.9. The van der Waals surface area contributed by atoms with Gasteiger partial charge in [-0.05, 0) is 35.6 Å². The third-order valence-corrected chi connectivity index (χ3v) is 11.1. The predicted octanol–water partition coefficient (Wildman–Crippen LogP) is 13.1. The topological polar surface area (TPSA) is 64.6 Å². The molecular formula is C52H72O7.